The van der Waals surface area contributed by atoms with E-state index in [1.807, 2.05) is 6.20 Å². The fourth-order valence-electron chi connectivity index (χ4n) is 4.23. The van der Waals surface area contributed by atoms with Crippen LogP contribution in [-0.2, 0) is 17.6 Å². The molecule has 0 aliphatic carbocycles. The van der Waals surface area contributed by atoms with Gasteiger partial charge in [0.15, 0.2) is 0 Å². The second-order valence-corrected chi connectivity index (χ2v) is 9.64. The van der Waals surface area contributed by atoms with Gasteiger partial charge in [0.25, 0.3) is 5.91 Å². The number of nitrogens with zero attached hydrogens (tertiary/aromatic N) is 1. The second kappa shape index (κ2) is 16.2. The van der Waals surface area contributed by atoms with E-state index in [0.717, 1.165) is 50.0 Å². The van der Waals surface area contributed by atoms with E-state index in [1.54, 1.807) is 24.3 Å². The maximum Gasteiger partial charge on any atom is 0.305 e. The summed E-state index contributed by atoms with van der Waals surface area (Å²) >= 11 is 0. The molecule has 1 aromatic heterocycles. The van der Waals surface area contributed by atoms with Gasteiger partial charge >= 0.3 is 5.97 Å². The number of aromatic nitrogens is 1. The largest absolute Gasteiger partial charge is 0.494 e. The van der Waals surface area contributed by atoms with Crippen molar-refractivity contribution in [2.75, 3.05) is 13.2 Å². The zero-order valence-electron chi connectivity index (χ0n) is 22.5. The van der Waals surface area contributed by atoms with Crippen LogP contribution in [0.4, 0.5) is 0 Å². The van der Waals surface area contributed by atoms with E-state index < -0.39 is 5.97 Å². The van der Waals surface area contributed by atoms with Crippen LogP contribution >= 0.6 is 0 Å². The smallest absolute Gasteiger partial charge is 0.305 e. The molecule has 0 bridgehead atoms. The summed E-state index contributed by atoms with van der Waals surface area (Å²) in [6.45, 7) is 2.99. The first-order valence-corrected chi connectivity index (χ1v) is 13.8. The molecule has 0 aliphatic rings. The number of rotatable bonds is 17. The Morgan fingerprint density at radius 2 is 1.50 bits per heavy atom. The first-order valence-electron chi connectivity index (χ1n) is 13.8. The first kappa shape index (κ1) is 28.9. The van der Waals surface area contributed by atoms with Gasteiger partial charge in [0, 0.05) is 23.9 Å². The summed E-state index contributed by atoms with van der Waals surface area (Å²) < 4.78 is 5.79. The van der Waals surface area contributed by atoms with Crippen LogP contribution < -0.4 is 10.1 Å². The van der Waals surface area contributed by atoms with Crippen molar-refractivity contribution in [3.05, 3.63) is 83.6 Å². The number of hydrogen-bond acceptors (Lipinski definition) is 4. The molecular weight excluding hydrogens is 476 g/mol. The Hall–Kier alpha value is -3.67. The molecule has 6 nitrogen and oxygen atoms in total. The maximum absolute atomic E-state index is 12.0. The molecule has 1 heterocycles. The highest BCUT2D eigenvalue weighted by Crippen LogP contribution is 2.20. The fraction of sp³-hybridized carbons (Fsp3) is 0.406. The SMILES string of the molecule is CCCCCc1ccc(-c2ccc(CCCCCCOc3ccc(C(=O)NCCC(=O)O)cc3)cn2)cc1. The van der Waals surface area contributed by atoms with Crippen LogP contribution in [0.2, 0.25) is 0 Å². The molecule has 1 amide bonds. The third-order valence-electron chi connectivity index (χ3n) is 6.51. The molecular formula is C32H40N2O4. The van der Waals surface area contributed by atoms with Gasteiger partial charge in [-0.1, -0.05) is 62.9 Å². The number of hydrogen-bond donors (Lipinski definition) is 2. The number of aliphatic carboxylic acids is 1. The van der Waals surface area contributed by atoms with Crippen molar-refractivity contribution in [2.45, 2.75) is 71.1 Å². The van der Waals surface area contributed by atoms with Gasteiger partial charge < -0.3 is 15.2 Å². The molecule has 2 aromatic carbocycles. The van der Waals surface area contributed by atoms with Crippen LogP contribution in [0.1, 0.15) is 79.8 Å². The van der Waals surface area contributed by atoms with Gasteiger partial charge in [-0.2, -0.15) is 0 Å². The lowest BCUT2D eigenvalue weighted by Gasteiger charge is -2.08. The van der Waals surface area contributed by atoms with Crippen LogP contribution in [0.15, 0.2) is 66.9 Å². The fourth-order valence-corrected chi connectivity index (χ4v) is 4.23. The van der Waals surface area contributed by atoms with Crippen LogP contribution in [0, 0.1) is 0 Å². The number of pyridine rings is 1. The van der Waals surface area contributed by atoms with Crippen LogP contribution in [0.25, 0.3) is 11.3 Å². The van der Waals surface area contributed by atoms with Crippen molar-refractivity contribution in [3.63, 3.8) is 0 Å². The molecule has 0 saturated carbocycles. The highest BCUT2D eigenvalue weighted by molar-refractivity contribution is 5.94. The first-order chi connectivity index (χ1) is 18.5. The second-order valence-electron chi connectivity index (χ2n) is 9.64. The Kier molecular flexibility index (Phi) is 12.3. The Labute approximate surface area is 226 Å². The maximum atomic E-state index is 12.0. The van der Waals surface area contributed by atoms with Gasteiger partial charge in [0.05, 0.1) is 18.7 Å². The zero-order valence-corrected chi connectivity index (χ0v) is 22.5. The van der Waals surface area contributed by atoms with Gasteiger partial charge in [-0.15, -0.1) is 0 Å². The number of carboxylic acid groups (broad SMARTS) is 1. The predicted octanol–water partition coefficient (Wildman–Crippen LogP) is 6.87. The van der Waals surface area contributed by atoms with E-state index >= 15 is 0 Å². The Bertz CT molecular complexity index is 1110. The number of aryl methyl sites for hydroxylation is 2. The third-order valence-corrected chi connectivity index (χ3v) is 6.51. The minimum absolute atomic E-state index is 0.0929. The lowest BCUT2D eigenvalue weighted by molar-refractivity contribution is -0.136. The highest BCUT2D eigenvalue weighted by Gasteiger charge is 2.06. The van der Waals surface area contributed by atoms with Crippen LogP contribution in [0.5, 0.6) is 5.75 Å². The Morgan fingerprint density at radius 1 is 0.816 bits per heavy atom. The van der Waals surface area contributed by atoms with Crippen LogP contribution in [0.3, 0.4) is 0 Å². The molecule has 6 heteroatoms. The monoisotopic (exact) mass is 516 g/mol. The molecule has 0 saturated heterocycles. The van der Waals surface area contributed by atoms with Crippen molar-refractivity contribution < 1.29 is 19.4 Å². The van der Waals surface area contributed by atoms with E-state index in [-0.39, 0.29) is 18.9 Å². The molecule has 3 aromatic rings. The van der Waals surface area contributed by atoms with Crippen molar-refractivity contribution in [3.8, 4) is 17.0 Å². The van der Waals surface area contributed by atoms with Crippen molar-refractivity contribution >= 4 is 11.9 Å². The normalized spacial score (nSPS) is 10.8. The molecule has 0 atom stereocenters. The summed E-state index contributed by atoms with van der Waals surface area (Å²) in [5.41, 5.74) is 5.36. The van der Waals surface area contributed by atoms with Gasteiger partial charge in [0.1, 0.15) is 5.75 Å². The number of carboxylic acids is 1. The van der Waals surface area contributed by atoms with E-state index in [4.69, 9.17) is 9.84 Å². The summed E-state index contributed by atoms with van der Waals surface area (Å²) in [6.07, 6.45) is 12.2. The molecule has 38 heavy (non-hydrogen) atoms. The molecule has 3 rings (SSSR count). The molecule has 0 aliphatic heterocycles. The Morgan fingerprint density at radius 3 is 2.18 bits per heavy atom. The minimum atomic E-state index is -0.935. The number of benzene rings is 2. The highest BCUT2D eigenvalue weighted by atomic mass is 16.5. The van der Waals surface area contributed by atoms with Gasteiger partial charge in [-0.05, 0) is 73.6 Å². The number of carbonyl (C=O) groups is 2. The predicted molar refractivity (Wildman–Crippen MR) is 152 cm³/mol. The number of nitrogens with one attached hydrogen (secondary N) is 1. The summed E-state index contributed by atoms with van der Waals surface area (Å²) in [5.74, 6) is -0.492. The average Bonchev–Trinajstić information content (AvgIpc) is 2.93. The molecule has 202 valence electrons. The van der Waals surface area contributed by atoms with Crippen molar-refractivity contribution in [2.24, 2.45) is 0 Å². The standard InChI is InChI=1S/C32H40N2O4/c1-2-3-6-9-25-11-14-27(15-12-25)30-20-13-26(24-34-30)10-7-4-5-8-23-38-29-18-16-28(17-19-29)32(37)33-22-21-31(35)36/h11-20,24H,2-10,21-23H2,1H3,(H,33,37)(H,35,36). The van der Waals surface area contributed by atoms with Crippen molar-refractivity contribution in [1.82, 2.24) is 10.3 Å². The topological polar surface area (TPSA) is 88.5 Å². The molecule has 0 unspecified atom stereocenters. The lowest BCUT2D eigenvalue weighted by Crippen LogP contribution is -2.25. The molecule has 0 radical (unpaired) electrons. The van der Waals surface area contributed by atoms with Crippen LogP contribution in [-0.4, -0.2) is 35.1 Å². The van der Waals surface area contributed by atoms with Crippen molar-refractivity contribution in [1.29, 1.82) is 0 Å². The molecule has 2 N–H and O–H groups in total. The van der Waals surface area contributed by atoms with Gasteiger partial charge in [-0.25, -0.2) is 0 Å². The Balaban J connectivity index is 1.28. The summed E-state index contributed by atoms with van der Waals surface area (Å²) in [6, 6.07) is 20.1. The molecule has 0 fully saturated rings. The number of carbonyl (C=O) groups excluding carboxylic acids is 1. The average molecular weight is 517 g/mol. The summed E-state index contributed by atoms with van der Waals surface area (Å²) in [7, 11) is 0. The molecule has 0 spiro atoms. The lowest BCUT2D eigenvalue weighted by atomic mass is 10.0. The number of ether oxygens (including phenoxy) is 1. The quantitative estimate of drug-likeness (QED) is 0.191. The van der Waals surface area contributed by atoms with E-state index in [9.17, 15) is 9.59 Å². The minimum Gasteiger partial charge on any atom is -0.494 e. The van der Waals surface area contributed by atoms with Gasteiger partial charge in [-0.3, -0.25) is 14.6 Å². The summed E-state index contributed by atoms with van der Waals surface area (Å²) in [4.78, 5) is 27.2. The zero-order chi connectivity index (χ0) is 27.0. The van der Waals surface area contributed by atoms with E-state index in [2.05, 4.69) is 53.6 Å². The van der Waals surface area contributed by atoms with Gasteiger partial charge in [0.2, 0.25) is 0 Å². The van der Waals surface area contributed by atoms with E-state index in [1.165, 1.54) is 36.0 Å². The van der Waals surface area contributed by atoms with E-state index in [0.29, 0.717) is 12.2 Å². The number of unbranched alkanes of at least 4 members (excludes halogenated alkanes) is 5. The number of amides is 1. The third kappa shape index (κ3) is 10.4. The summed E-state index contributed by atoms with van der Waals surface area (Å²) in [5, 5.41) is 11.2.